The number of aromatic nitrogens is 4. The van der Waals surface area contributed by atoms with E-state index in [1.807, 2.05) is 53.4 Å². The molecular formula is C20H16ClN5O2. The topological polar surface area (TPSA) is 87.9 Å². The smallest absolute Gasteiger partial charge is 0.279 e. The Morgan fingerprint density at radius 3 is 2.86 bits per heavy atom. The van der Waals surface area contributed by atoms with Gasteiger partial charge in [-0.25, -0.2) is 0 Å². The van der Waals surface area contributed by atoms with Gasteiger partial charge < -0.3 is 9.42 Å². The van der Waals surface area contributed by atoms with Crippen molar-refractivity contribution in [3.63, 3.8) is 0 Å². The lowest BCUT2D eigenvalue weighted by Crippen LogP contribution is -2.24. The molecule has 1 N–H and O–H groups in total. The number of H-pyrrole nitrogens is 1. The summed E-state index contributed by atoms with van der Waals surface area (Å²) in [4.78, 5) is 18.8. The SMILES string of the molecule is O=C1CC(c2noc(-c3n[nH]c4ccccc34)n2)CN1Cc1ccc(Cl)cc1. The fraction of sp³-hybridized carbons (Fsp3) is 0.200. The van der Waals surface area contributed by atoms with Crippen LogP contribution in [0.3, 0.4) is 0 Å². The molecule has 3 heterocycles. The van der Waals surface area contributed by atoms with Gasteiger partial charge in [0, 0.05) is 35.8 Å². The van der Waals surface area contributed by atoms with Crippen molar-refractivity contribution in [1.29, 1.82) is 0 Å². The number of nitrogens with one attached hydrogen (secondary N) is 1. The first-order valence-electron chi connectivity index (χ1n) is 8.96. The zero-order chi connectivity index (χ0) is 19.1. The highest BCUT2D eigenvalue weighted by molar-refractivity contribution is 6.30. The van der Waals surface area contributed by atoms with E-state index < -0.39 is 0 Å². The van der Waals surface area contributed by atoms with E-state index in [4.69, 9.17) is 16.1 Å². The predicted octanol–water partition coefficient (Wildman–Crippen LogP) is 3.78. The molecule has 1 aliphatic rings. The number of halogens is 1. The zero-order valence-electron chi connectivity index (χ0n) is 14.8. The average Bonchev–Trinajstić information content (AvgIpc) is 3.42. The van der Waals surface area contributed by atoms with Gasteiger partial charge in [-0.05, 0) is 23.8 Å². The van der Waals surface area contributed by atoms with Gasteiger partial charge in [0.2, 0.25) is 5.91 Å². The fourth-order valence-corrected chi connectivity index (χ4v) is 3.66. The number of nitrogens with zero attached hydrogens (tertiary/aromatic N) is 4. The summed E-state index contributed by atoms with van der Waals surface area (Å²) in [5, 5.41) is 13.0. The molecule has 5 rings (SSSR count). The van der Waals surface area contributed by atoms with E-state index in [1.165, 1.54) is 0 Å². The first-order valence-corrected chi connectivity index (χ1v) is 9.34. The third kappa shape index (κ3) is 3.03. The van der Waals surface area contributed by atoms with Gasteiger partial charge in [0.05, 0.1) is 5.52 Å². The number of aromatic amines is 1. The molecule has 28 heavy (non-hydrogen) atoms. The molecule has 0 saturated carbocycles. The van der Waals surface area contributed by atoms with Crippen LogP contribution < -0.4 is 0 Å². The normalized spacial score (nSPS) is 17.0. The van der Waals surface area contributed by atoms with E-state index in [-0.39, 0.29) is 11.8 Å². The minimum absolute atomic E-state index is 0.0801. The second kappa shape index (κ2) is 6.76. The Bertz CT molecular complexity index is 1150. The lowest BCUT2D eigenvalue weighted by Gasteiger charge is -2.16. The van der Waals surface area contributed by atoms with Gasteiger partial charge in [0.25, 0.3) is 5.89 Å². The largest absolute Gasteiger partial charge is 0.338 e. The monoisotopic (exact) mass is 393 g/mol. The summed E-state index contributed by atoms with van der Waals surface area (Å²) in [6, 6.07) is 15.3. The number of likely N-dealkylation sites (tertiary alicyclic amines) is 1. The van der Waals surface area contributed by atoms with Crippen molar-refractivity contribution in [3.05, 3.63) is 64.9 Å². The van der Waals surface area contributed by atoms with Crippen molar-refractivity contribution in [2.45, 2.75) is 18.9 Å². The second-order valence-electron chi connectivity index (χ2n) is 6.88. The molecule has 1 aliphatic heterocycles. The second-order valence-corrected chi connectivity index (χ2v) is 7.31. The Kier molecular flexibility index (Phi) is 4.09. The van der Waals surface area contributed by atoms with Crippen molar-refractivity contribution >= 4 is 28.4 Å². The molecule has 0 radical (unpaired) electrons. The maximum Gasteiger partial charge on any atom is 0.279 e. The van der Waals surface area contributed by atoms with Crippen LogP contribution in [-0.4, -0.2) is 37.7 Å². The van der Waals surface area contributed by atoms with Gasteiger partial charge in [0.15, 0.2) is 11.5 Å². The van der Waals surface area contributed by atoms with Gasteiger partial charge in [-0.3, -0.25) is 9.89 Å². The molecule has 1 atom stereocenters. The molecule has 1 amide bonds. The molecule has 1 saturated heterocycles. The summed E-state index contributed by atoms with van der Waals surface area (Å²) in [5.41, 5.74) is 2.56. The predicted molar refractivity (Wildman–Crippen MR) is 104 cm³/mol. The maximum absolute atomic E-state index is 12.4. The van der Waals surface area contributed by atoms with Crippen molar-refractivity contribution in [1.82, 2.24) is 25.2 Å². The number of carbonyl (C=O) groups is 1. The molecule has 0 spiro atoms. The molecule has 8 heteroatoms. The van der Waals surface area contributed by atoms with Crippen molar-refractivity contribution in [2.75, 3.05) is 6.54 Å². The molecule has 2 aromatic carbocycles. The molecule has 140 valence electrons. The van der Waals surface area contributed by atoms with Crippen LogP contribution in [0.5, 0.6) is 0 Å². The van der Waals surface area contributed by atoms with E-state index in [0.29, 0.717) is 41.9 Å². The molecule has 2 aromatic heterocycles. The van der Waals surface area contributed by atoms with Gasteiger partial charge in [-0.15, -0.1) is 0 Å². The number of benzene rings is 2. The van der Waals surface area contributed by atoms with Crippen LogP contribution in [0, 0.1) is 0 Å². The quantitative estimate of drug-likeness (QED) is 0.570. The van der Waals surface area contributed by atoms with E-state index in [1.54, 1.807) is 0 Å². The summed E-state index contributed by atoms with van der Waals surface area (Å²) in [6.07, 6.45) is 0.369. The van der Waals surface area contributed by atoms with Gasteiger partial charge in [-0.1, -0.05) is 47.1 Å². The first-order chi connectivity index (χ1) is 13.7. The summed E-state index contributed by atoms with van der Waals surface area (Å²) in [7, 11) is 0. The highest BCUT2D eigenvalue weighted by Gasteiger charge is 2.34. The molecule has 7 nitrogen and oxygen atoms in total. The lowest BCUT2D eigenvalue weighted by atomic mass is 10.1. The van der Waals surface area contributed by atoms with Gasteiger partial charge in [0.1, 0.15) is 0 Å². The summed E-state index contributed by atoms with van der Waals surface area (Å²) in [6.45, 7) is 1.10. The number of amides is 1. The summed E-state index contributed by atoms with van der Waals surface area (Å²) < 4.78 is 5.44. The van der Waals surface area contributed by atoms with Crippen LogP contribution in [0.25, 0.3) is 22.5 Å². The van der Waals surface area contributed by atoms with Crippen molar-refractivity contribution in [2.24, 2.45) is 0 Å². The highest BCUT2D eigenvalue weighted by atomic mass is 35.5. The van der Waals surface area contributed by atoms with Crippen molar-refractivity contribution < 1.29 is 9.32 Å². The van der Waals surface area contributed by atoms with Crippen LogP contribution in [0.1, 0.15) is 23.7 Å². The van der Waals surface area contributed by atoms with E-state index in [9.17, 15) is 4.79 Å². The number of fused-ring (bicyclic) bond motifs is 1. The Morgan fingerprint density at radius 2 is 2.00 bits per heavy atom. The third-order valence-corrected chi connectivity index (χ3v) is 5.23. The molecule has 1 unspecified atom stereocenters. The third-order valence-electron chi connectivity index (χ3n) is 4.98. The lowest BCUT2D eigenvalue weighted by molar-refractivity contribution is -0.128. The van der Waals surface area contributed by atoms with Crippen LogP contribution in [-0.2, 0) is 11.3 Å². The molecular weight excluding hydrogens is 378 g/mol. The van der Waals surface area contributed by atoms with Crippen LogP contribution in [0.2, 0.25) is 5.02 Å². The molecule has 4 aromatic rings. The minimum atomic E-state index is -0.0949. The molecule has 0 bridgehead atoms. The van der Waals surface area contributed by atoms with Crippen molar-refractivity contribution in [3.8, 4) is 11.6 Å². The molecule has 0 aliphatic carbocycles. The Balaban J connectivity index is 1.35. The standard InChI is InChI=1S/C20H16ClN5O2/c21-14-7-5-12(6-8-14)10-26-11-13(9-17(26)27)19-22-20(28-25-19)18-15-3-1-2-4-16(15)23-24-18/h1-8,13H,9-11H2,(H,23,24). The Hall–Kier alpha value is -3.19. The first kappa shape index (κ1) is 16.9. The zero-order valence-corrected chi connectivity index (χ0v) is 15.6. The van der Waals surface area contributed by atoms with Crippen LogP contribution in [0.4, 0.5) is 0 Å². The maximum atomic E-state index is 12.4. The molecule has 1 fully saturated rings. The fourth-order valence-electron chi connectivity index (χ4n) is 3.53. The summed E-state index contributed by atoms with van der Waals surface area (Å²) >= 11 is 5.93. The number of carbonyl (C=O) groups excluding carboxylic acids is 1. The summed E-state index contributed by atoms with van der Waals surface area (Å²) in [5.74, 6) is 0.879. The van der Waals surface area contributed by atoms with E-state index in [0.717, 1.165) is 16.5 Å². The average molecular weight is 394 g/mol. The van der Waals surface area contributed by atoms with Crippen LogP contribution >= 0.6 is 11.6 Å². The van der Waals surface area contributed by atoms with E-state index in [2.05, 4.69) is 20.3 Å². The number of para-hydroxylation sites is 1. The highest BCUT2D eigenvalue weighted by Crippen LogP contribution is 2.30. The number of hydrogen-bond donors (Lipinski definition) is 1. The number of hydrogen-bond acceptors (Lipinski definition) is 5. The van der Waals surface area contributed by atoms with E-state index >= 15 is 0 Å². The van der Waals surface area contributed by atoms with Crippen LogP contribution in [0.15, 0.2) is 53.1 Å². The van der Waals surface area contributed by atoms with Gasteiger partial charge >= 0.3 is 0 Å². The Morgan fingerprint density at radius 1 is 1.18 bits per heavy atom. The Labute approximate surface area is 165 Å². The minimum Gasteiger partial charge on any atom is -0.338 e. The number of rotatable bonds is 4. The van der Waals surface area contributed by atoms with Gasteiger partial charge in [-0.2, -0.15) is 10.1 Å².